The lowest BCUT2D eigenvalue weighted by molar-refractivity contribution is -0.139. The maximum Gasteiger partial charge on any atom is 0.184 e. The standard InChI is InChI=1S/C20H30O3/c1-5-18(2)8-9-19(3)13(11-18)6-7-14-15(19)10-16(22)17(23)20(14,4)12-21/h5,10,13-14,17,21,23H,1,6-9,11-12H2,2-4H3/t13-,14-,17+,18-,19-,20-/m1/s1. The fourth-order valence-corrected chi connectivity index (χ4v) is 5.44. The summed E-state index contributed by atoms with van der Waals surface area (Å²) in [7, 11) is 0. The first-order chi connectivity index (χ1) is 10.7. The molecule has 0 aromatic carbocycles. The molecule has 0 unspecified atom stereocenters. The number of allylic oxidation sites excluding steroid dienone is 2. The van der Waals surface area contributed by atoms with E-state index in [2.05, 4.69) is 26.5 Å². The summed E-state index contributed by atoms with van der Waals surface area (Å²) in [5.74, 6) is 0.425. The van der Waals surface area contributed by atoms with Crippen LogP contribution in [0.25, 0.3) is 0 Å². The summed E-state index contributed by atoms with van der Waals surface area (Å²) in [6.07, 6.45) is 8.02. The Kier molecular flexibility index (Phi) is 3.89. The van der Waals surface area contributed by atoms with Crippen molar-refractivity contribution in [3.05, 3.63) is 24.3 Å². The van der Waals surface area contributed by atoms with Crippen LogP contribution in [0.15, 0.2) is 24.3 Å². The van der Waals surface area contributed by atoms with Crippen LogP contribution in [-0.2, 0) is 4.79 Å². The van der Waals surface area contributed by atoms with Gasteiger partial charge in [-0.05, 0) is 60.8 Å². The zero-order valence-corrected chi connectivity index (χ0v) is 14.6. The molecule has 2 fully saturated rings. The van der Waals surface area contributed by atoms with E-state index in [9.17, 15) is 15.0 Å². The number of fused-ring (bicyclic) bond motifs is 3. The second kappa shape index (κ2) is 5.29. The van der Waals surface area contributed by atoms with Crippen molar-refractivity contribution in [2.75, 3.05) is 6.61 Å². The van der Waals surface area contributed by atoms with Crippen LogP contribution < -0.4 is 0 Å². The molecule has 0 heterocycles. The lowest BCUT2D eigenvalue weighted by atomic mass is 9.46. The third-order valence-electron chi connectivity index (χ3n) is 7.49. The van der Waals surface area contributed by atoms with E-state index in [0.29, 0.717) is 5.92 Å². The molecule has 0 aromatic rings. The summed E-state index contributed by atoms with van der Waals surface area (Å²) in [5.41, 5.74) is 0.647. The van der Waals surface area contributed by atoms with Crippen LogP contribution in [0.4, 0.5) is 0 Å². The fourth-order valence-electron chi connectivity index (χ4n) is 5.44. The molecule has 6 atom stereocenters. The lowest BCUT2D eigenvalue weighted by Gasteiger charge is -2.58. The maximum atomic E-state index is 12.4. The molecular weight excluding hydrogens is 288 g/mol. The van der Waals surface area contributed by atoms with E-state index >= 15 is 0 Å². The van der Waals surface area contributed by atoms with E-state index in [-0.39, 0.29) is 29.1 Å². The van der Waals surface area contributed by atoms with Crippen LogP contribution in [0.3, 0.4) is 0 Å². The molecule has 0 amide bonds. The molecule has 0 bridgehead atoms. The molecule has 0 radical (unpaired) electrons. The van der Waals surface area contributed by atoms with Gasteiger partial charge in [0.2, 0.25) is 0 Å². The zero-order valence-electron chi connectivity index (χ0n) is 14.6. The first kappa shape index (κ1) is 16.9. The molecular formula is C20H30O3. The Bertz CT molecular complexity index is 565. The van der Waals surface area contributed by atoms with Crippen molar-refractivity contribution in [2.45, 2.75) is 59.0 Å². The van der Waals surface area contributed by atoms with Gasteiger partial charge in [-0.25, -0.2) is 0 Å². The lowest BCUT2D eigenvalue weighted by Crippen LogP contribution is -2.56. The highest BCUT2D eigenvalue weighted by Crippen LogP contribution is 2.63. The van der Waals surface area contributed by atoms with E-state index in [1.807, 2.05) is 6.92 Å². The van der Waals surface area contributed by atoms with Crippen LogP contribution in [0.1, 0.15) is 52.9 Å². The molecule has 128 valence electrons. The van der Waals surface area contributed by atoms with E-state index in [1.165, 1.54) is 5.57 Å². The van der Waals surface area contributed by atoms with Gasteiger partial charge in [0.15, 0.2) is 5.78 Å². The minimum absolute atomic E-state index is 0.0116. The average Bonchev–Trinajstić information content (AvgIpc) is 2.54. The van der Waals surface area contributed by atoms with Gasteiger partial charge < -0.3 is 10.2 Å². The number of rotatable bonds is 2. The van der Waals surface area contributed by atoms with Crippen LogP contribution >= 0.6 is 0 Å². The molecule has 3 aliphatic rings. The molecule has 2 N–H and O–H groups in total. The first-order valence-electron chi connectivity index (χ1n) is 8.89. The maximum absolute atomic E-state index is 12.4. The number of hydrogen-bond acceptors (Lipinski definition) is 3. The molecule has 0 aromatic heterocycles. The predicted molar refractivity (Wildman–Crippen MR) is 90.8 cm³/mol. The summed E-state index contributed by atoms with van der Waals surface area (Å²) in [4.78, 5) is 12.4. The molecule has 3 heteroatoms. The number of aliphatic hydroxyl groups is 2. The summed E-state index contributed by atoms with van der Waals surface area (Å²) < 4.78 is 0. The third kappa shape index (κ3) is 2.27. The Morgan fingerprint density at radius 3 is 2.61 bits per heavy atom. The number of aliphatic hydroxyl groups excluding tert-OH is 2. The van der Waals surface area contributed by atoms with E-state index < -0.39 is 11.5 Å². The first-order valence-corrected chi connectivity index (χ1v) is 8.89. The Labute approximate surface area is 139 Å². The smallest absolute Gasteiger partial charge is 0.184 e. The van der Waals surface area contributed by atoms with Crippen LogP contribution in [0.5, 0.6) is 0 Å². The molecule has 0 spiro atoms. The van der Waals surface area contributed by atoms with Gasteiger partial charge in [-0.15, -0.1) is 6.58 Å². The van der Waals surface area contributed by atoms with Gasteiger partial charge in [0.1, 0.15) is 6.10 Å². The summed E-state index contributed by atoms with van der Waals surface area (Å²) in [6, 6.07) is 0. The molecule has 0 saturated heterocycles. The van der Waals surface area contributed by atoms with E-state index in [1.54, 1.807) is 6.08 Å². The van der Waals surface area contributed by atoms with Crippen molar-refractivity contribution in [1.82, 2.24) is 0 Å². The van der Waals surface area contributed by atoms with Crippen molar-refractivity contribution < 1.29 is 15.0 Å². The zero-order chi connectivity index (χ0) is 17.0. The number of carbonyl (C=O) groups is 1. The predicted octanol–water partition coefficient (Wildman–Crippen LogP) is 3.26. The van der Waals surface area contributed by atoms with Crippen molar-refractivity contribution in [2.24, 2.45) is 28.1 Å². The van der Waals surface area contributed by atoms with Gasteiger partial charge >= 0.3 is 0 Å². The van der Waals surface area contributed by atoms with Crippen LogP contribution in [0, 0.1) is 28.1 Å². The topological polar surface area (TPSA) is 57.5 Å². The van der Waals surface area contributed by atoms with Gasteiger partial charge in [-0.2, -0.15) is 0 Å². The molecule has 2 saturated carbocycles. The molecule has 3 nitrogen and oxygen atoms in total. The summed E-state index contributed by atoms with van der Waals surface area (Å²) in [5, 5.41) is 20.3. The van der Waals surface area contributed by atoms with Gasteiger partial charge in [0, 0.05) is 5.41 Å². The Balaban J connectivity index is 2.02. The molecule has 23 heavy (non-hydrogen) atoms. The van der Waals surface area contributed by atoms with Crippen molar-refractivity contribution >= 4 is 5.78 Å². The second-order valence-electron chi connectivity index (χ2n) is 8.88. The van der Waals surface area contributed by atoms with Gasteiger partial charge in [-0.1, -0.05) is 32.4 Å². The Morgan fingerprint density at radius 2 is 2.00 bits per heavy atom. The highest BCUT2D eigenvalue weighted by Gasteiger charge is 2.57. The van der Waals surface area contributed by atoms with E-state index in [4.69, 9.17) is 0 Å². The summed E-state index contributed by atoms with van der Waals surface area (Å²) >= 11 is 0. The van der Waals surface area contributed by atoms with Crippen LogP contribution in [0.2, 0.25) is 0 Å². The van der Waals surface area contributed by atoms with Gasteiger partial charge in [0.25, 0.3) is 0 Å². The van der Waals surface area contributed by atoms with Crippen LogP contribution in [-0.4, -0.2) is 28.7 Å². The van der Waals surface area contributed by atoms with Gasteiger partial charge in [0.05, 0.1) is 6.61 Å². The van der Waals surface area contributed by atoms with E-state index in [0.717, 1.165) is 32.1 Å². The minimum Gasteiger partial charge on any atom is -0.396 e. The Hall–Kier alpha value is -0.930. The second-order valence-corrected chi connectivity index (χ2v) is 8.88. The third-order valence-corrected chi connectivity index (χ3v) is 7.49. The fraction of sp³-hybridized carbons (Fsp3) is 0.750. The minimum atomic E-state index is -1.08. The molecule has 0 aliphatic heterocycles. The number of hydrogen-bond donors (Lipinski definition) is 2. The quantitative estimate of drug-likeness (QED) is 0.768. The van der Waals surface area contributed by atoms with Crippen molar-refractivity contribution in [3.63, 3.8) is 0 Å². The van der Waals surface area contributed by atoms with Gasteiger partial charge in [-0.3, -0.25) is 4.79 Å². The van der Waals surface area contributed by atoms with Crippen molar-refractivity contribution in [1.29, 1.82) is 0 Å². The normalized spacial score (nSPS) is 49.9. The largest absolute Gasteiger partial charge is 0.396 e. The SMILES string of the molecule is C=C[C@]1(C)CC[C@@]2(C)C3=CC(=O)[C@H](O)[C@](C)(CO)[C@@H]3CC[C@@H]2C1. The van der Waals surface area contributed by atoms with Crippen molar-refractivity contribution in [3.8, 4) is 0 Å². The molecule has 3 rings (SSSR count). The monoisotopic (exact) mass is 318 g/mol. The number of carbonyl (C=O) groups excluding carboxylic acids is 1. The Morgan fingerprint density at radius 1 is 1.30 bits per heavy atom. The average molecular weight is 318 g/mol. The highest BCUT2D eigenvalue weighted by molar-refractivity contribution is 5.96. The number of ketones is 1. The summed E-state index contributed by atoms with van der Waals surface area (Å²) in [6.45, 7) is 10.3. The highest BCUT2D eigenvalue weighted by atomic mass is 16.3. The molecule has 3 aliphatic carbocycles.